The van der Waals surface area contributed by atoms with Crippen molar-refractivity contribution in [2.45, 2.75) is 46.5 Å². The summed E-state index contributed by atoms with van der Waals surface area (Å²) in [5.41, 5.74) is 3.36. The molecule has 2 aromatic carbocycles. The Morgan fingerprint density at radius 3 is 2.29 bits per heavy atom. The Labute approximate surface area is 186 Å². The Hall–Kier alpha value is -2.63. The molecule has 31 heavy (non-hydrogen) atoms. The van der Waals surface area contributed by atoms with E-state index in [0.717, 1.165) is 28.9 Å². The number of carbonyl (C=O) groups is 1. The van der Waals surface area contributed by atoms with Crippen molar-refractivity contribution in [1.29, 1.82) is 0 Å². The third-order valence-electron chi connectivity index (χ3n) is 4.99. The first kappa shape index (κ1) is 24.6. The van der Waals surface area contributed by atoms with Crippen LogP contribution in [0, 0.1) is 5.92 Å². The van der Waals surface area contributed by atoms with Gasteiger partial charge in [0.1, 0.15) is 12.4 Å². The van der Waals surface area contributed by atoms with Gasteiger partial charge in [0.05, 0.1) is 33.0 Å². The molecule has 2 atom stereocenters. The lowest BCUT2D eigenvalue weighted by atomic mass is 9.98. The lowest BCUT2D eigenvalue weighted by molar-refractivity contribution is -0.139. The Bertz CT molecular complexity index is 798. The van der Waals surface area contributed by atoms with Gasteiger partial charge in [0.2, 0.25) is 0 Å². The van der Waals surface area contributed by atoms with Crippen molar-refractivity contribution >= 4 is 5.97 Å². The Morgan fingerprint density at radius 1 is 0.968 bits per heavy atom. The fourth-order valence-corrected chi connectivity index (χ4v) is 3.10. The van der Waals surface area contributed by atoms with Gasteiger partial charge in [-0.1, -0.05) is 55.0 Å². The van der Waals surface area contributed by atoms with Crippen LogP contribution in [0.25, 0.3) is 0 Å². The van der Waals surface area contributed by atoms with E-state index < -0.39 is 0 Å². The molecule has 0 amide bonds. The van der Waals surface area contributed by atoms with Gasteiger partial charge in [-0.2, -0.15) is 0 Å². The van der Waals surface area contributed by atoms with Crippen molar-refractivity contribution in [3.05, 3.63) is 77.4 Å². The molecule has 5 nitrogen and oxygen atoms in total. The van der Waals surface area contributed by atoms with Gasteiger partial charge in [-0.15, -0.1) is 0 Å². The largest absolute Gasteiger partial charge is 0.497 e. The molecule has 0 bridgehead atoms. The zero-order valence-corrected chi connectivity index (χ0v) is 19.0. The van der Waals surface area contributed by atoms with Gasteiger partial charge in [-0.3, -0.25) is 4.79 Å². The van der Waals surface area contributed by atoms with Gasteiger partial charge in [-0.25, -0.2) is 0 Å². The molecule has 0 aliphatic rings. The fourth-order valence-electron chi connectivity index (χ4n) is 3.10. The predicted molar refractivity (Wildman–Crippen MR) is 122 cm³/mol. The van der Waals surface area contributed by atoms with E-state index in [0.29, 0.717) is 19.8 Å². The minimum absolute atomic E-state index is 0.0218. The van der Waals surface area contributed by atoms with Crippen LogP contribution < -0.4 is 4.74 Å². The van der Waals surface area contributed by atoms with Gasteiger partial charge in [0.15, 0.2) is 0 Å². The maximum absolute atomic E-state index is 11.0. The topological polar surface area (TPSA) is 54.0 Å². The zero-order chi connectivity index (χ0) is 22.5. The van der Waals surface area contributed by atoms with Crippen molar-refractivity contribution < 1.29 is 23.7 Å². The van der Waals surface area contributed by atoms with Crippen LogP contribution in [0.5, 0.6) is 5.75 Å². The molecule has 2 rings (SSSR count). The molecule has 0 aliphatic carbocycles. The number of esters is 1. The smallest absolute Gasteiger partial charge is 0.302 e. The van der Waals surface area contributed by atoms with Crippen LogP contribution in [0.1, 0.15) is 38.3 Å². The summed E-state index contributed by atoms with van der Waals surface area (Å²) >= 11 is 0. The minimum Gasteiger partial charge on any atom is -0.497 e. The Kier molecular flexibility index (Phi) is 10.8. The first-order chi connectivity index (χ1) is 15.0. The molecule has 2 aromatic rings. The second-order valence-electron chi connectivity index (χ2n) is 7.73. The molecule has 168 valence electrons. The molecule has 0 saturated heterocycles. The standard InChI is InChI=1S/C26H34O5/c1-20(14-15-30-22(3)27)16-26(31-19-24-10-12-25(28-4)13-11-24)21(2)17-29-18-23-8-6-5-7-9-23/h5-14,21,26H,15-19H2,1-4H3/b20-14+/t21-,26-/m1/s1. The van der Waals surface area contributed by atoms with E-state index in [-0.39, 0.29) is 24.6 Å². The van der Waals surface area contributed by atoms with Crippen LogP contribution in [-0.4, -0.2) is 32.4 Å². The summed E-state index contributed by atoms with van der Waals surface area (Å²) in [6.45, 7) is 7.56. The first-order valence-electron chi connectivity index (χ1n) is 10.6. The molecular formula is C26H34O5. The average molecular weight is 427 g/mol. The SMILES string of the molecule is COc1ccc(CO[C@H](C/C(C)=C/COC(C)=O)[C@H](C)COCc2ccccc2)cc1. The van der Waals surface area contributed by atoms with Gasteiger partial charge < -0.3 is 18.9 Å². The second-order valence-corrected chi connectivity index (χ2v) is 7.73. The molecule has 0 heterocycles. The third-order valence-corrected chi connectivity index (χ3v) is 4.99. The van der Waals surface area contributed by atoms with E-state index in [4.69, 9.17) is 18.9 Å². The molecule has 0 aromatic heterocycles. The molecule has 0 spiro atoms. The monoisotopic (exact) mass is 426 g/mol. The number of carbonyl (C=O) groups excluding carboxylic acids is 1. The van der Waals surface area contributed by atoms with Crippen molar-refractivity contribution in [3.8, 4) is 5.75 Å². The van der Waals surface area contributed by atoms with E-state index in [1.165, 1.54) is 6.92 Å². The molecule has 0 unspecified atom stereocenters. The van der Waals surface area contributed by atoms with Gasteiger partial charge >= 0.3 is 5.97 Å². The maximum Gasteiger partial charge on any atom is 0.302 e. The molecular weight excluding hydrogens is 392 g/mol. The highest BCUT2D eigenvalue weighted by molar-refractivity contribution is 5.66. The molecule has 0 aliphatic heterocycles. The molecule has 5 heteroatoms. The van der Waals surface area contributed by atoms with E-state index in [1.807, 2.05) is 55.5 Å². The van der Waals surface area contributed by atoms with E-state index in [2.05, 4.69) is 19.1 Å². The molecule has 0 fully saturated rings. The van der Waals surface area contributed by atoms with Gasteiger partial charge in [-0.05, 0) is 42.7 Å². The van der Waals surface area contributed by atoms with Crippen LogP contribution in [-0.2, 0) is 32.2 Å². The predicted octanol–water partition coefficient (Wildman–Crippen LogP) is 5.33. The lowest BCUT2D eigenvalue weighted by Gasteiger charge is -2.25. The third kappa shape index (κ3) is 9.81. The van der Waals surface area contributed by atoms with Gasteiger partial charge in [0, 0.05) is 12.8 Å². The number of hydrogen-bond donors (Lipinski definition) is 0. The summed E-state index contributed by atoms with van der Waals surface area (Å²) in [5.74, 6) is 0.741. The Morgan fingerprint density at radius 2 is 1.65 bits per heavy atom. The highest BCUT2D eigenvalue weighted by atomic mass is 16.5. The normalized spacial score (nSPS) is 13.5. The van der Waals surface area contributed by atoms with Crippen LogP contribution >= 0.6 is 0 Å². The summed E-state index contributed by atoms with van der Waals surface area (Å²) in [6, 6.07) is 18.0. The first-order valence-corrected chi connectivity index (χ1v) is 10.6. The summed E-state index contributed by atoms with van der Waals surface area (Å²) in [7, 11) is 1.66. The number of rotatable bonds is 13. The summed E-state index contributed by atoms with van der Waals surface area (Å²) in [6.07, 6.45) is 2.65. The summed E-state index contributed by atoms with van der Waals surface area (Å²) < 4.78 is 22.5. The number of hydrogen-bond acceptors (Lipinski definition) is 5. The van der Waals surface area contributed by atoms with Gasteiger partial charge in [0.25, 0.3) is 0 Å². The van der Waals surface area contributed by atoms with E-state index in [1.54, 1.807) is 7.11 Å². The number of benzene rings is 2. The molecule has 0 radical (unpaired) electrons. The molecule has 0 saturated carbocycles. The Balaban J connectivity index is 1.94. The van der Waals surface area contributed by atoms with Crippen molar-refractivity contribution in [2.24, 2.45) is 5.92 Å². The van der Waals surface area contributed by atoms with Crippen LogP contribution in [0.15, 0.2) is 66.2 Å². The van der Waals surface area contributed by atoms with E-state index >= 15 is 0 Å². The number of methoxy groups -OCH3 is 1. The summed E-state index contributed by atoms with van der Waals surface area (Å²) in [4.78, 5) is 11.0. The minimum atomic E-state index is -0.279. The second kappa shape index (κ2) is 13.6. The van der Waals surface area contributed by atoms with E-state index in [9.17, 15) is 4.79 Å². The average Bonchev–Trinajstić information content (AvgIpc) is 2.77. The van der Waals surface area contributed by atoms with Crippen molar-refractivity contribution in [3.63, 3.8) is 0 Å². The number of ether oxygens (including phenoxy) is 4. The van der Waals surface area contributed by atoms with Crippen molar-refractivity contribution in [1.82, 2.24) is 0 Å². The summed E-state index contributed by atoms with van der Waals surface area (Å²) in [5, 5.41) is 0. The fraction of sp³-hybridized carbons (Fsp3) is 0.423. The van der Waals surface area contributed by atoms with Crippen molar-refractivity contribution in [2.75, 3.05) is 20.3 Å². The quantitative estimate of drug-likeness (QED) is 0.320. The van der Waals surface area contributed by atoms with Crippen LogP contribution in [0.4, 0.5) is 0 Å². The van der Waals surface area contributed by atoms with Crippen LogP contribution in [0.3, 0.4) is 0 Å². The highest BCUT2D eigenvalue weighted by Gasteiger charge is 2.19. The lowest BCUT2D eigenvalue weighted by Crippen LogP contribution is -2.26. The highest BCUT2D eigenvalue weighted by Crippen LogP contribution is 2.20. The maximum atomic E-state index is 11.0. The zero-order valence-electron chi connectivity index (χ0n) is 19.0. The van der Waals surface area contributed by atoms with Crippen LogP contribution in [0.2, 0.25) is 0 Å². The molecule has 0 N–H and O–H groups in total.